The van der Waals surface area contributed by atoms with E-state index in [-0.39, 0.29) is 17.1 Å². The fourth-order valence-corrected chi connectivity index (χ4v) is 6.85. The SMILES string of the molecule is C[C@]1(NC(=O)c2ccc3c(-c4cc(C(N)=O)ccc4Cl)nn(-c4ccc(F)cc4)c3c2)CCS(=O)(=O)C1. The van der Waals surface area contributed by atoms with Gasteiger partial charge < -0.3 is 11.1 Å². The summed E-state index contributed by atoms with van der Waals surface area (Å²) in [5, 5.41) is 8.52. The first-order valence-corrected chi connectivity index (χ1v) is 13.6. The molecule has 1 aliphatic rings. The van der Waals surface area contributed by atoms with Gasteiger partial charge in [-0.25, -0.2) is 17.5 Å². The summed E-state index contributed by atoms with van der Waals surface area (Å²) in [6.45, 7) is 1.71. The first-order chi connectivity index (χ1) is 17.4. The second kappa shape index (κ2) is 8.97. The first-order valence-electron chi connectivity index (χ1n) is 11.4. The molecule has 0 bridgehead atoms. The molecule has 1 fully saturated rings. The number of hydrogen-bond donors (Lipinski definition) is 2. The van der Waals surface area contributed by atoms with E-state index >= 15 is 0 Å². The molecule has 190 valence electrons. The maximum atomic E-state index is 13.6. The number of aromatic nitrogens is 2. The standard InChI is InChI=1S/C26H22ClFN4O4S/c1-26(10-11-37(35,36)14-26)30-25(34)16-2-8-19-22(13-16)32(18-6-4-17(28)5-7-18)31-23(19)20-12-15(24(29)33)3-9-21(20)27/h2-9,12-13H,10-11,14H2,1H3,(H2,29,33)(H,30,34)/t26-/m0/s1. The van der Waals surface area contributed by atoms with Gasteiger partial charge in [-0.1, -0.05) is 11.6 Å². The van der Waals surface area contributed by atoms with Gasteiger partial charge in [-0.05, 0) is 74.0 Å². The highest BCUT2D eigenvalue weighted by molar-refractivity contribution is 7.91. The third kappa shape index (κ3) is 4.82. The van der Waals surface area contributed by atoms with Crippen molar-refractivity contribution in [2.45, 2.75) is 18.9 Å². The Morgan fingerprint density at radius 1 is 1.08 bits per heavy atom. The largest absolute Gasteiger partial charge is 0.366 e. The smallest absolute Gasteiger partial charge is 0.251 e. The van der Waals surface area contributed by atoms with E-state index in [0.717, 1.165) is 0 Å². The summed E-state index contributed by atoms with van der Waals surface area (Å²) < 4.78 is 39.1. The Morgan fingerprint density at radius 2 is 1.78 bits per heavy atom. The van der Waals surface area contributed by atoms with Gasteiger partial charge in [0.1, 0.15) is 11.5 Å². The van der Waals surface area contributed by atoms with Crippen LogP contribution in [0.3, 0.4) is 0 Å². The van der Waals surface area contributed by atoms with E-state index < -0.39 is 33.0 Å². The summed E-state index contributed by atoms with van der Waals surface area (Å²) in [7, 11) is -3.21. The van der Waals surface area contributed by atoms with Gasteiger partial charge in [0.25, 0.3) is 5.91 Å². The van der Waals surface area contributed by atoms with Crippen LogP contribution >= 0.6 is 11.6 Å². The molecular weight excluding hydrogens is 519 g/mol. The lowest BCUT2D eigenvalue weighted by Crippen LogP contribution is -2.46. The average Bonchev–Trinajstić information content (AvgIpc) is 3.35. The number of carbonyl (C=O) groups is 2. The molecule has 1 aliphatic heterocycles. The van der Waals surface area contributed by atoms with E-state index in [9.17, 15) is 22.4 Å². The molecule has 2 heterocycles. The predicted molar refractivity (Wildman–Crippen MR) is 139 cm³/mol. The third-order valence-electron chi connectivity index (χ3n) is 6.44. The molecule has 8 nitrogen and oxygen atoms in total. The first kappa shape index (κ1) is 24.9. The molecule has 37 heavy (non-hydrogen) atoms. The van der Waals surface area contributed by atoms with Crippen molar-refractivity contribution in [1.29, 1.82) is 0 Å². The number of fused-ring (bicyclic) bond motifs is 1. The van der Waals surface area contributed by atoms with Crippen molar-refractivity contribution in [3.8, 4) is 16.9 Å². The predicted octanol–water partition coefficient (Wildman–Crippen LogP) is 3.89. The van der Waals surface area contributed by atoms with Crippen LogP contribution in [-0.4, -0.2) is 47.1 Å². The Bertz CT molecular complexity index is 1680. The molecule has 0 saturated carbocycles. The highest BCUT2D eigenvalue weighted by atomic mass is 35.5. The van der Waals surface area contributed by atoms with Crippen LogP contribution in [0.4, 0.5) is 4.39 Å². The number of primary amides is 1. The average molecular weight is 541 g/mol. The van der Waals surface area contributed by atoms with Gasteiger partial charge in [0.2, 0.25) is 5.91 Å². The van der Waals surface area contributed by atoms with Gasteiger partial charge in [-0.3, -0.25) is 9.59 Å². The molecule has 1 aromatic heterocycles. The summed E-state index contributed by atoms with van der Waals surface area (Å²) in [6.07, 6.45) is 0.329. The van der Waals surface area contributed by atoms with Crippen LogP contribution in [-0.2, 0) is 9.84 Å². The van der Waals surface area contributed by atoms with E-state index in [4.69, 9.17) is 22.4 Å². The normalized spacial score (nSPS) is 18.7. The molecule has 5 rings (SSSR count). The van der Waals surface area contributed by atoms with Crippen LogP contribution in [0.1, 0.15) is 34.1 Å². The number of benzene rings is 3. The molecule has 11 heteroatoms. The van der Waals surface area contributed by atoms with Gasteiger partial charge in [0, 0.05) is 22.1 Å². The molecule has 3 N–H and O–H groups in total. The van der Waals surface area contributed by atoms with Crippen LogP contribution in [0, 0.1) is 5.82 Å². The molecular formula is C26H22ClFN4O4S. The van der Waals surface area contributed by atoms with E-state index in [0.29, 0.717) is 44.9 Å². The van der Waals surface area contributed by atoms with Gasteiger partial charge in [0.05, 0.1) is 33.3 Å². The van der Waals surface area contributed by atoms with Crippen molar-refractivity contribution in [3.63, 3.8) is 0 Å². The maximum absolute atomic E-state index is 13.6. The van der Waals surface area contributed by atoms with Crippen LogP contribution in [0.2, 0.25) is 5.02 Å². The highest BCUT2D eigenvalue weighted by Crippen LogP contribution is 2.35. The number of nitrogens with two attached hydrogens (primary N) is 1. The fourth-order valence-electron chi connectivity index (χ4n) is 4.55. The topological polar surface area (TPSA) is 124 Å². The fraction of sp³-hybridized carbons (Fsp3) is 0.192. The Morgan fingerprint density at radius 3 is 2.43 bits per heavy atom. The summed E-state index contributed by atoms with van der Waals surface area (Å²) >= 11 is 6.46. The highest BCUT2D eigenvalue weighted by Gasteiger charge is 2.39. The molecule has 3 aromatic carbocycles. The van der Waals surface area contributed by atoms with Crippen molar-refractivity contribution in [2.75, 3.05) is 11.5 Å². The summed E-state index contributed by atoms with van der Waals surface area (Å²) in [4.78, 5) is 24.9. The van der Waals surface area contributed by atoms with Crippen molar-refractivity contribution in [1.82, 2.24) is 15.1 Å². The zero-order valence-corrected chi connectivity index (χ0v) is 21.2. The number of sulfone groups is 1. The minimum absolute atomic E-state index is 0.0225. The number of nitrogens with zero attached hydrogens (tertiary/aromatic N) is 2. The van der Waals surface area contributed by atoms with Gasteiger partial charge in [-0.2, -0.15) is 5.10 Å². The molecule has 0 radical (unpaired) electrons. The number of carbonyl (C=O) groups excluding carboxylic acids is 2. The Balaban J connectivity index is 1.64. The molecule has 4 aromatic rings. The number of hydrogen-bond acceptors (Lipinski definition) is 5. The van der Waals surface area contributed by atoms with Gasteiger partial charge >= 0.3 is 0 Å². The molecule has 1 atom stereocenters. The van der Waals surface area contributed by atoms with Crippen molar-refractivity contribution in [2.24, 2.45) is 5.73 Å². The maximum Gasteiger partial charge on any atom is 0.251 e. The third-order valence-corrected chi connectivity index (χ3v) is 8.67. The number of nitrogens with one attached hydrogen (secondary N) is 1. The van der Waals surface area contributed by atoms with Gasteiger partial charge in [-0.15, -0.1) is 0 Å². The monoisotopic (exact) mass is 540 g/mol. The summed E-state index contributed by atoms with van der Waals surface area (Å²) in [5.74, 6) is -1.57. The van der Waals surface area contributed by atoms with E-state index in [1.165, 1.54) is 18.2 Å². The second-order valence-corrected chi connectivity index (χ2v) is 12.0. The number of amides is 2. The van der Waals surface area contributed by atoms with Crippen LogP contribution in [0.25, 0.3) is 27.8 Å². The van der Waals surface area contributed by atoms with Crippen molar-refractivity contribution in [3.05, 3.63) is 82.6 Å². The van der Waals surface area contributed by atoms with Crippen LogP contribution in [0.15, 0.2) is 60.7 Å². The zero-order chi connectivity index (χ0) is 26.5. The lowest BCUT2D eigenvalue weighted by atomic mass is 10.0. The lowest BCUT2D eigenvalue weighted by Gasteiger charge is -2.23. The lowest BCUT2D eigenvalue weighted by molar-refractivity contribution is 0.0914. The summed E-state index contributed by atoms with van der Waals surface area (Å²) in [5.41, 5.74) is 7.10. The molecule has 1 saturated heterocycles. The minimum Gasteiger partial charge on any atom is -0.366 e. The zero-order valence-electron chi connectivity index (χ0n) is 19.7. The Kier molecular flexibility index (Phi) is 6.04. The van der Waals surface area contributed by atoms with Gasteiger partial charge in [0.15, 0.2) is 9.84 Å². The second-order valence-electron chi connectivity index (χ2n) is 9.38. The number of rotatable bonds is 5. The number of halogens is 2. The van der Waals surface area contributed by atoms with Crippen LogP contribution < -0.4 is 11.1 Å². The summed E-state index contributed by atoms with van der Waals surface area (Å²) in [6, 6.07) is 15.2. The molecule has 0 unspecified atom stereocenters. The molecule has 0 aliphatic carbocycles. The van der Waals surface area contributed by atoms with Crippen molar-refractivity contribution >= 4 is 44.2 Å². The Labute approximate surface area is 217 Å². The van der Waals surface area contributed by atoms with E-state index in [1.54, 1.807) is 54.1 Å². The molecule has 2 amide bonds. The van der Waals surface area contributed by atoms with Crippen molar-refractivity contribution < 1.29 is 22.4 Å². The molecule has 0 spiro atoms. The quantitative estimate of drug-likeness (QED) is 0.397. The minimum atomic E-state index is -3.21. The van der Waals surface area contributed by atoms with E-state index in [1.807, 2.05) is 0 Å². The van der Waals surface area contributed by atoms with E-state index in [2.05, 4.69) is 5.32 Å². The van der Waals surface area contributed by atoms with Crippen LogP contribution in [0.5, 0.6) is 0 Å². The Hall–Kier alpha value is -3.76.